The first-order valence-electron chi connectivity index (χ1n) is 6.81. The van der Waals surface area contributed by atoms with Crippen molar-refractivity contribution in [3.05, 3.63) is 40.4 Å². The van der Waals surface area contributed by atoms with Crippen molar-refractivity contribution >= 4 is 40.1 Å². The molecule has 1 aromatic rings. The van der Waals surface area contributed by atoms with Gasteiger partial charge in [0.05, 0.1) is 12.3 Å². The Morgan fingerprint density at radius 3 is 2.42 bits per heavy atom. The molecule has 8 heteroatoms. The van der Waals surface area contributed by atoms with Crippen LogP contribution in [0, 0.1) is 5.92 Å². The number of ether oxygens (including phenoxy) is 2. The van der Waals surface area contributed by atoms with Crippen LogP contribution in [0.15, 0.2) is 40.4 Å². The van der Waals surface area contributed by atoms with Gasteiger partial charge in [-0.3, -0.25) is 4.79 Å². The zero-order chi connectivity index (χ0) is 18.1. The number of carbonyl (C=O) groups excluding carboxylic acids is 3. The molecule has 0 aliphatic carbocycles. The van der Waals surface area contributed by atoms with Gasteiger partial charge in [-0.1, -0.05) is 15.9 Å². The van der Waals surface area contributed by atoms with Crippen molar-refractivity contribution in [1.82, 2.24) is 0 Å². The molecule has 1 unspecified atom stereocenters. The number of esters is 2. The van der Waals surface area contributed by atoms with Gasteiger partial charge < -0.3 is 19.4 Å². The summed E-state index contributed by atoms with van der Waals surface area (Å²) in [5.41, 5.74) is -0.121. The van der Waals surface area contributed by atoms with Gasteiger partial charge in [-0.05, 0) is 31.2 Å². The van der Waals surface area contributed by atoms with Gasteiger partial charge in [0.2, 0.25) is 0 Å². The van der Waals surface area contributed by atoms with Crippen molar-refractivity contribution < 1.29 is 33.8 Å². The lowest BCUT2D eigenvalue weighted by atomic mass is 10.1. The number of halogens is 1. The highest BCUT2D eigenvalue weighted by molar-refractivity contribution is 9.10. The molecule has 0 aromatic heterocycles. The van der Waals surface area contributed by atoms with Crippen LogP contribution in [0.1, 0.15) is 13.3 Å². The third-order valence-corrected chi connectivity index (χ3v) is 3.29. The summed E-state index contributed by atoms with van der Waals surface area (Å²) in [4.78, 5) is 44.7. The van der Waals surface area contributed by atoms with Gasteiger partial charge in [-0.2, -0.15) is 0 Å². The van der Waals surface area contributed by atoms with E-state index in [1.54, 1.807) is 24.3 Å². The second kappa shape index (κ2) is 9.61. The summed E-state index contributed by atoms with van der Waals surface area (Å²) in [7, 11) is 0. The molecule has 0 radical (unpaired) electrons. The zero-order valence-electron chi connectivity index (χ0n) is 12.7. The summed E-state index contributed by atoms with van der Waals surface area (Å²) >= 11 is 3.25. The summed E-state index contributed by atoms with van der Waals surface area (Å²) in [5.74, 6) is -3.36. The molecule has 7 nitrogen and oxygen atoms in total. The molecule has 24 heavy (non-hydrogen) atoms. The number of rotatable bonds is 8. The van der Waals surface area contributed by atoms with Crippen LogP contribution in [0.4, 0.5) is 0 Å². The SMILES string of the molecule is C/C(=C/C(=O)O)C(=O)OCC(C=O)CC(=O)Oc1ccc(Br)cc1. The summed E-state index contributed by atoms with van der Waals surface area (Å²) in [6, 6.07) is 6.55. The molecule has 0 saturated heterocycles. The first-order chi connectivity index (χ1) is 11.3. The number of aldehydes is 1. The topological polar surface area (TPSA) is 107 Å². The van der Waals surface area contributed by atoms with E-state index in [0.29, 0.717) is 18.1 Å². The molecule has 0 aliphatic rings. The normalized spacial score (nSPS) is 12.2. The van der Waals surface area contributed by atoms with Crippen molar-refractivity contribution in [2.45, 2.75) is 13.3 Å². The number of carbonyl (C=O) groups is 4. The van der Waals surface area contributed by atoms with Crippen LogP contribution in [-0.4, -0.2) is 35.9 Å². The minimum absolute atomic E-state index is 0.121. The highest BCUT2D eigenvalue weighted by Gasteiger charge is 2.18. The third-order valence-electron chi connectivity index (χ3n) is 2.76. The van der Waals surface area contributed by atoms with E-state index in [1.807, 2.05) is 0 Å². The van der Waals surface area contributed by atoms with Gasteiger partial charge in [0.25, 0.3) is 0 Å². The quantitative estimate of drug-likeness (QED) is 0.309. The first-order valence-corrected chi connectivity index (χ1v) is 7.61. The molecule has 1 atom stereocenters. The maximum Gasteiger partial charge on any atom is 0.333 e. The van der Waals surface area contributed by atoms with E-state index in [1.165, 1.54) is 6.92 Å². The minimum Gasteiger partial charge on any atom is -0.478 e. The van der Waals surface area contributed by atoms with Gasteiger partial charge in [0.15, 0.2) is 0 Å². The standard InChI is InChI=1S/C16H15BrO7/c1-10(6-14(19)20)16(22)23-9-11(8-18)7-15(21)24-13-4-2-12(17)3-5-13/h2-6,8,11H,7,9H2,1H3,(H,19,20)/b10-6-. The van der Waals surface area contributed by atoms with Crippen molar-refractivity contribution in [2.24, 2.45) is 5.92 Å². The van der Waals surface area contributed by atoms with Crippen LogP contribution < -0.4 is 4.74 Å². The highest BCUT2D eigenvalue weighted by atomic mass is 79.9. The molecule has 0 bridgehead atoms. The lowest BCUT2D eigenvalue weighted by molar-refractivity contribution is -0.144. The highest BCUT2D eigenvalue weighted by Crippen LogP contribution is 2.17. The van der Waals surface area contributed by atoms with E-state index < -0.39 is 23.8 Å². The van der Waals surface area contributed by atoms with Crippen LogP contribution in [-0.2, 0) is 23.9 Å². The molecule has 1 N–H and O–H groups in total. The van der Waals surface area contributed by atoms with E-state index in [4.69, 9.17) is 14.6 Å². The Balaban J connectivity index is 2.50. The molecule has 0 saturated carbocycles. The monoisotopic (exact) mass is 398 g/mol. The number of carboxylic acids is 1. The lowest BCUT2D eigenvalue weighted by Crippen LogP contribution is -2.21. The predicted molar refractivity (Wildman–Crippen MR) is 86.3 cm³/mol. The molecular formula is C16H15BrO7. The Morgan fingerprint density at radius 2 is 1.88 bits per heavy atom. The van der Waals surface area contributed by atoms with Crippen LogP contribution in [0.25, 0.3) is 0 Å². The zero-order valence-corrected chi connectivity index (χ0v) is 14.3. The van der Waals surface area contributed by atoms with Crippen LogP contribution >= 0.6 is 15.9 Å². The average molecular weight is 399 g/mol. The predicted octanol–water partition coefficient (Wildman–Crippen LogP) is 2.13. The molecule has 0 aliphatic heterocycles. The molecule has 1 rings (SSSR count). The largest absolute Gasteiger partial charge is 0.478 e. The van der Waals surface area contributed by atoms with Gasteiger partial charge in [0.1, 0.15) is 18.6 Å². The Labute approximate surface area is 146 Å². The van der Waals surface area contributed by atoms with Crippen molar-refractivity contribution in [2.75, 3.05) is 6.61 Å². The maximum atomic E-state index is 11.8. The smallest absolute Gasteiger partial charge is 0.333 e. The minimum atomic E-state index is -1.28. The van der Waals surface area contributed by atoms with E-state index >= 15 is 0 Å². The summed E-state index contributed by atoms with van der Waals surface area (Å²) in [6.07, 6.45) is 0.904. The molecule has 0 spiro atoms. The van der Waals surface area contributed by atoms with E-state index in [9.17, 15) is 19.2 Å². The molecule has 0 fully saturated rings. The maximum absolute atomic E-state index is 11.8. The molecule has 128 valence electrons. The van der Waals surface area contributed by atoms with Crippen LogP contribution in [0.2, 0.25) is 0 Å². The lowest BCUT2D eigenvalue weighted by Gasteiger charge is -2.11. The summed E-state index contributed by atoms with van der Waals surface area (Å²) < 4.78 is 10.7. The summed E-state index contributed by atoms with van der Waals surface area (Å²) in [6.45, 7) is 0.927. The molecule has 0 heterocycles. The molecule has 1 aromatic carbocycles. The fourth-order valence-electron chi connectivity index (χ4n) is 1.58. The Kier molecular flexibility index (Phi) is 7.84. The molecular weight excluding hydrogens is 384 g/mol. The van der Waals surface area contributed by atoms with Crippen LogP contribution in [0.5, 0.6) is 5.75 Å². The second-order valence-corrected chi connectivity index (χ2v) is 5.71. The van der Waals surface area contributed by atoms with E-state index in [0.717, 1.165) is 4.47 Å². The van der Waals surface area contributed by atoms with E-state index in [-0.39, 0.29) is 18.6 Å². The Hall–Kier alpha value is -2.48. The van der Waals surface area contributed by atoms with Crippen molar-refractivity contribution in [1.29, 1.82) is 0 Å². The second-order valence-electron chi connectivity index (χ2n) is 4.79. The van der Waals surface area contributed by atoms with Gasteiger partial charge >= 0.3 is 17.9 Å². The fraction of sp³-hybridized carbons (Fsp3) is 0.250. The third kappa shape index (κ3) is 7.19. The van der Waals surface area contributed by atoms with E-state index in [2.05, 4.69) is 15.9 Å². The average Bonchev–Trinajstić information content (AvgIpc) is 2.52. The van der Waals surface area contributed by atoms with Crippen molar-refractivity contribution in [3.8, 4) is 5.75 Å². The van der Waals surface area contributed by atoms with Crippen molar-refractivity contribution in [3.63, 3.8) is 0 Å². The first kappa shape index (κ1) is 19.6. The Bertz CT molecular complexity index is 649. The Morgan fingerprint density at radius 1 is 1.25 bits per heavy atom. The van der Waals surface area contributed by atoms with Crippen LogP contribution in [0.3, 0.4) is 0 Å². The van der Waals surface area contributed by atoms with Gasteiger partial charge in [-0.25, -0.2) is 9.59 Å². The number of hydrogen-bond donors (Lipinski definition) is 1. The number of benzene rings is 1. The number of hydrogen-bond acceptors (Lipinski definition) is 6. The van der Waals surface area contributed by atoms with Gasteiger partial charge in [-0.15, -0.1) is 0 Å². The number of aliphatic carboxylic acids is 1. The fourth-order valence-corrected chi connectivity index (χ4v) is 1.84. The summed E-state index contributed by atoms with van der Waals surface area (Å²) in [5, 5.41) is 8.53. The molecule has 0 amide bonds. The van der Waals surface area contributed by atoms with Gasteiger partial charge in [0, 0.05) is 16.1 Å². The number of carboxylic acid groups (broad SMARTS) is 1.